The fourth-order valence-corrected chi connectivity index (χ4v) is 4.13. The van der Waals surface area contributed by atoms with Crippen LogP contribution in [0.4, 0.5) is 0 Å². The summed E-state index contributed by atoms with van der Waals surface area (Å²) in [5.41, 5.74) is 0.746. The highest BCUT2D eigenvalue weighted by molar-refractivity contribution is 4.90. The standard InChI is InChI=1S/C16H32N2/c1-14(2)15(13-17-3)18-11-9-16(10-12-18)7-5-4-6-8-16/h14-15,17H,4-13H2,1-3H3. The van der Waals surface area contributed by atoms with E-state index in [0.717, 1.165) is 23.9 Å². The van der Waals surface area contributed by atoms with Crippen LogP contribution in [0, 0.1) is 11.3 Å². The van der Waals surface area contributed by atoms with Gasteiger partial charge in [0.2, 0.25) is 0 Å². The Hall–Kier alpha value is -0.0800. The number of hydrogen-bond acceptors (Lipinski definition) is 2. The van der Waals surface area contributed by atoms with Crippen LogP contribution < -0.4 is 5.32 Å². The first-order valence-corrected chi connectivity index (χ1v) is 8.05. The molecule has 2 nitrogen and oxygen atoms in total. The molecule has 0 aromatic rings. The second-order valence-corrected chi connectivity index (χ2v) is 6.97. The molecule has 1 saturated carbocycles. The van der Waals surface area contributed by atoms with E-state index in [4.69, 9.17) is 0 Å². The van der Waals surface area contributed by atoms with Gasteiger partial charge in [0, 0.05) is 12.6 Å². The summed E-state index contributed by atoms with van der Waals surface area (Å²) in [5.74, 6) is 0.762. The van der Waals surface area contributed by atoms with Crippen LogP contribution >= 0.6 is 0 Å². The van der Waals surface area contributed by atoms with Gasteiger partial charge >= 0.3 is 0 Å². The molecule has 1 aliphatic carbocycles. The molecule has 1 spiro atoms. The number of piperidine rings is 1. The van der Waals surface area contributed by atoms with Gasteiger partial charge in [0.1, 0.15) is 0 Å². The molecule has 18 heavy (non-hydrogen) atoms. The minimum atomic E-state index is 0.732. The molecule has 106 valence electrons. The van der Waals surface area contributed by atoms with Gasteiger partial charge in [-0.15, -0.1) is 0 Å². The van der Waals surface area contributed by atoms with Gasteiger partial charge in [-0.2, -0.15) is 0 Å². The van der Waals surface area contributed by atoms with Crippen LogP contribution in [0.2, 0.25) is 0 Å². The van der Waals surface area contributed by atoms with Crippen molar-refractivity contribution in [2.24, 2.45) is 11.3 Å². The lowest BCUT2D eigenvalue weighted by molar-refractivity contribution is 0.0334. The molecular formula is C16H32N2. The zero-order valence-electron chi connectivity index (χ0n) is 12.7. The molecule has 2 rings (SSSR count). The third kappa shape index (κ3) is 3.27. The lowest BCUT2D eigenvalue weighted by atomic mass is 9.68. The average Bonchev–Trinajstić information content (AvgIpc) is 2.38. The van der Waals surface area contributed by atoms with Crippen molar-refractivity contribution in [2.45, 2.75) is 64.8 Å². The van der Waals surface area contributed by atoms with E-state index in [0.29, 0.717) is 0 Å². The fraction of sp³-hybridized carbons (Fsp3) is 1.00. The average molecular weight is 252 g/mol. The van der Waals surface area contributed by atoms with E-state index in [1.165, 1.54) is 58.0 Å². The van der Waals surface area contributed by atoms with E-state index < -0.39 is 0 Å². The number of hydrogen-bond donors (Lipinski definition) is 1. The van der Waals surface area contributed by atoms with Crippen molar-refractivity contribution in [3.63, 3.8) is 0 Å². The van der Waals surface area contributed by atoms with Crippen molar-refractivity contribution in [3.8, 4) is 0 Å². The largest absolute Gasteiger partial charge is 0.318 e. The molecule has 2 heteroatoms. The van der Waals surface area contributed by atoms with Crippen molar-refractivity contribution in [2.75, 3.05) is 26.7 Å². The third-order valence-electron chi connectivity index (χ3n) is 5.42. The van der Waals surface area contributed by atoms with Crippen molar-refractivity contribution in [1.29, 1.82) is 0 Å². The van der Waals surface area contributed by atoms with Crippen LogP contribution in [-0.4, -0.2) is 37.6 Å². The molecule has 2 fully saturated rings. The van der Waals surface area contributed by atoms with E-state index >= 15 is 0 Å². The molecule has 0 bridgehead atoms. The van der Waals surface area contributed by atoms with Crippen LogP contribution in [0.1, 0.15) is 58.8 Å². The monoisotopic (exact) mass is 252 g/mol. The Bertz CT molecular complexity index is 233. The maximum atomic E-state index is 3.38. The van der Waals surface area contributed by atoms with Crippen LogP contribution in [0.15, 0.2) is 0 Å². The van der Waals surface area contributed by atoms with Crippen LogP contribution in [0.3, 0.4) is 0 Å². The lowest BCUT2D eigenvalue weighted by Gasteiger charge is -2.47. The van der Waals surface area contributed by atoms with Gasteiger partial charge < -0.3 is 5.32 Å². The summed E-state index contributed by atoms with van der Waals surface area (Å²) in [7, 11) is 2.09. The molecule has 1 unspecified atom stereocenters. The van der Waals surface area contributed by atoms with Gasteiger partial charge in [-0.1, -0.05) is 33.1 Å². The van der Waals surface area contributed by atoms with Crippen molar-refractivity contribution in [1.82, 2.24) is 10.2 Å². The van der Waals surface area contributed by atoms with E-state index in [1.54, 1.807) is 0 Å². The highest BCUT2D eigenvalue weighted by Gasteiger charge is 2.37. The first-order chi connectivity index (χ1) is 8.67. The molecule has 0 aromatic carbocycles. The Labute approximate surface area is 114 Å². The smallest absolute Gasteiger partial charge is 0.0243 e. The Morgan fingerprint density at radius 3 is 2.11 bits per heavy atom. The Kier molecular flexibility index (Phi) is 5.08. The number of rotatable bonds is 4. The van der Waals surface area contributed by atoms with Gasteiger partial charge in [0.15, 0.2) is 0 Å². The lowest BCUT2D eigenvalue weighted by Crippen LogP contribution is -2.50. The molecule has 1 saturated heterocycles. The van der Waals surface area contributed by atoms with E-state index in [-0.39, 0.29) is 0 Å². The van der Waals surface area contributed by atoms with Gasteiger partial charge in [0.05, 0.1) is 0 Å². The number of likely N-dealkylation sites (tertiary alicyclic amines) is 1. The van der Waals surface area contributed by atoms with Crippen LogP contribution in [-0.2, 0) is 0 Å². The Morgan fingerprint density at radius 2 is 1.61 bits per heavy atom. The molecular weight excluding hydrogens is 220 g/mol. The molecule has 0 aromatic heterocycles. The molecule has 1 aliphatic heterocycles. The number of nitrogens with zero attached hydrogens (tertiary/aromatic N) is 1. The molecule has 1 heterocycles. The summed E-state index contributed by atoms with van der Waals surface area (Å²) in [6.45, 7) is 8.56. The minimum Gasteiger partial charge on any atom is -0.318 e. The summed E-state index contributed by atoms with van der Waals surface area (Å²) >= 11 is 0. The molecule has 1 atom stereocenters. The number of likely N-dealkylation sites (N-methyl/N-ethyl adjacent to an activating group) is 1. The topological polar surface area (TPSA) is 15.3 Å². The Balaban J connectivity index is 1.88. The van der Waals surface area contributed by atoms with Crippen molar-refractivity contribution >= 4 is 0 Å². The fourth-order valence-electron chi connectivity index (χ4n) is 4.13. The van der Waals surface area contributed by atoms with Gasteiger partial charge in [-0.25, -0.2) is 0 Å². The van der Waals surface area contributed by atoms with Gasteiger partial charge in [-0.3, -0.25) is 4.90 Å². The number of nitrogens with one attached hydrogen (secondary N) is 1. The first kappa shape index (κ1) is 14.3. The quantitative estimate of drug-likeness (QED) is 0.826. The Morgan fingerprint density at radius 1 is 1.00 bits per heavy atom. The van der Waals surface area contributed by atoms with Gasteiger partial charge in [-0.05, 0) is 57.2 Å². The third-order valence-corrected chi connectivity index (χ3v) is 5.42. The minimum absolute atomic E-state index is 0.732. The summed E-state index contributed by atoms with van der Waals surface area (Å²) in [4.78, 5) is 2.75. The van der Waals surface area contributed by atoms with Gasteiger partial charge in [0.25, 0.3) is 0 Å². The zero-order valence-corrected chi connectivity index (χ0v) is 12.7. The summed E-state index contributed by atoms with van der Waals surface area (Å²) in [5, 5.41) is 3.38. The SMILES string of the molecule is CNCC(C(C)C)N1CCC2(CCCCC2)CC1. The molecule has 0 radical (unpaired) electrons. The molecule has 1 N–H and O–H groups in total. The zero-order chi connectivity index (χ0) is 13.0. The second kappa shape index (κ2) is 6.38. The summed E-state index contributed by atoms with van der Waals surface area (Å²) < 4.78 is 0. The predicted octanol–water partition coefficient (Wildman–Crippen LogP) is 3.28. The predicted molar refractivity (Wildman–Crippen MR) is 78.9 cm³/mol. The van der Waals surface area contributed by atoms with E-state index in [9.17, 15) is 0 Å². The van der Waals surface area contributed by atoms with Crippen molar-refractivity contribution < 1.29 is 0 Å². The maximum absolute atomic E-state index is 3.38. The second-order valence-electron chi connectivity index (χ2n) is 6.97. The molecule has 2 aliphatic rings. The first-order valence-electron chi connectivity index (χ1n) is 8.05. The van der Waals surface area contributed by atoms with Crippen LogP contribution in [0.5, 0.6) is 0 Å². The summed E-state index contributed by atoms with van der Waals surface area (Å²) in [6.07, 6.45) is 10.4. The van der Waals surface area contributed by atoms with E-state index in [1.807, 2.05) is 0 Å². The normalized spacial score (nSPS) is 26.7. The van der Waals surface area contributed by atoms with Crippen molar-refractivity contribution in [3.05, 3.63) is 0 Å². The maximum Gasteiger partial charge on any atom is 0.0243 e. The van der Waals surface area contributed by atoms with Crippen LogP contribution in [0.25, 0.3) is 0 Å². The summed E-state index contributed by atoms with van der Waals surface area (Å²) in [6, 6.07) is 0.732. The highest BCUT2D eigenvalue weighted by atomic mass is 15.2. The highest BCUT2D eigenvalue weighted by Crippen LogP contribution is 2.44. The van der Waals surface area contributed by atoms with E-state index in [2.05, 4.69) is 31.1 Å². The molecule has 0 amide bonds.